The van der Waals surface area contributed by atoms with Gasteiger partial charge in [-0.05, 0) is 13.8 Å². The Morgan fingerprint density at radius 2 is 2.00 bits per heavy atom. The lowest BCUT2D eigenvalue weighted by atomic mass is 10.2. The van der Waals surface area contributed by atoms with Crippen molar-refractivity contribution < 1.29 is 23.9 Å². The van der Waals surface area contributed by atoms with E-state index >= 15 is 0 Å². The van der Waals surface area contributed by atoms with Crippen LogP contribution in [-0.2, 0) is 26.1 Å². The van der Waals surface area contributed by atoms with Gasteiger partial charge in [0.2, 0.25) is 5.91 Å². The summed E-state index contributed by atoms with van der Waals surface area (Å²) in [6.45, 7) is 3.52. The van der Waals surface area contributed by atoms with Crippen molar-refractivity contribution in [2.75, 3.05) is 19.0 Å². The van der Waals surface area contributed by atoms with Gasteiger partial charge in [0, 0.05) is 7.05 Å². The number of aromatic nitrogens is 2. The van der Waals surface area contributed by atoms with E-state index in [1.54, 1.807) is 20.9 Å². The van der Waals surface area contributed by atoms with E-state index in [1.807, 2.05) is 0 Å². The van der Waals surface area contributed by atoms with Crippen LogP contribution >= 0.6 is 0 Å². The number of amides is 1. The number of esters is 2. The third-order valence-electron chi connectivity index (χ3n) is 2.49. The standard InChI is InChI=1S/C12H17N3O5/c1-5-20-12(18)11-10(7(2)14-15(11)3)13-8(16)6-9(17)19-4/h5-6H2,1-4H3,(H,13,16). The van der Waals surface area contributed by atoms with Gasteiger partial charge in [-0.2, -0.15) is 5.10 Å². The Morgan fingerprint density at radius 1 is 1.35 bits per heavy atom. The number of hydrogen-bond acceptors (Lipinski definition) is 6. The van der Waals surface area contributed by atoms with E-state index in [9.17, 15) is 14.4 Å². The first-order valence-corrected chi connectivity index (χ1v) is 5.98. The number of ether oxygens (including phenoxy) is 2. The fraction of sp³-hybridized carbons (Fsp3) is 0.500. The van der Waals surface area contributed by atoms with Crippen LogP contribution < -0.4 is 5.32 Å². The van der Waals surface area contributed by atoms with Crippen molar-refractivity contribution in [3.63, 3.8) is 0 Å². The summed E-state index contributed by atoms with van der Waals surface area (Å²) in [6.07, 6.45) is -0.437. The Morgan fingerprint density at radius 3 is 2.55 bits per heavy atom. The Hall–Kier alpha value is -2.38. The normalized spacial score (nSPS) is 10.0. The van der Waals surface area contributed by atoms with Crippen LogP contribution in [0.3, 0.4) is 0 Å². The number of carbonyl (C=O) groups excluding carboxylic acids is 3. The topological polar surface area (TPSA) is 99.5 Å². The van der Waals surface area contributed by atoms with Crippen LogP contribution in [0.1, 0.15) is 29.5 Å². The smallest absolute Gasteiger partial charge is 0.358 e. The van der Waals surface area contributed by atoms with Crippen LogP contribution in [0, 0.1) is 6.92 Å². The Kier molecular flexibility index (Phi) is 5.24. The van der Waals surface area contributed by atoms with Gasteiger partial charge >= 0.3 is 11.9 Å². The molecule has 0 aliphatic heterocycles. The molecule has 0 saturated carbocycles. The van der Waals surface area contributed by atoms with Crippen LogP contribution in [0.25, 0.3) is 0 Å². The van der Waals surface area contributed by atoms with Gasteiger partial charge < -0.3 is 14.8 Å². The molecule has 0 spiro atoms. The highest BCUT2D eigenvalue weighted by Gasteiger charge is 2.23. The van der Waals surface area contributed by atoms with Crippen LogP contribution in [-0.4, -0.2) is 41.3 Å². The number of rotatable bonds is 5. The maximum Gasteiger partial charge on any atom is 0.358 e. The second-order valence-electron chi connectivity index (χ2n) is 3.95. The quantitative estimate of drug-likeness (QED) is 0.620. The van der Waals surface area contributed by atoms with E-state index in [4.69, 9.17) is 4.74 Å². The summed E-state index contributed by atoms with van der Waals surface area (Å²) in [6, 6.07) is 0. The van der Waals surface area contributed by atoms with Crippen molar-refractivity contribution in [3.8, 4) is 0 Å². The van der Waals surface area contributed by atoms with Crippen molar-refractivity contribution in [3.05, 3.63) is 11.4 Å². The molecule has 20 heavy (non-hydrogen) atoms. The molecule has 1 aromatic heterocycles. The maximum absolute atomic E-state index is 11.8. The van der Waals surface area contributed by atoms with Crippen molar-refractivity contribution in [1.82, 2.24) is 9.78 Å². The average Bonchev–Trinajstić information content (AvgIpc) is 2.64. The van der Waals surface area contributed by atoms with Crippen LogP contribution in [0.5, 0.6) is 0 Å². The van der Waals surface area contributed by atoms with Crippen molar-refractivity contribution in [2.24, 2.45) is 7.05 Å². The Bertz CT molecular complexity index is 535. The second kappa shape index (κ2) is 6.69. The molecule has 1 N–H and O–H groups in total. The fourth-order valence-corrected chi connectivity index (χ4v) is 1.63. The molecule has 0 aromatic carbocycles. The van der Waals surface area contributed by atoms with E-state index in [0.717, 1.165) is 0 Å². The lowest BCUT2D eigenvalue weighted by molar-refractivity contribution is -0.142. The largest absolute Gasteiger partial charge is 0.469 e. The Balaban J connectivity index is 2.97. The Labute approximate surface area is 116 Å². The van der Waals surface area contributed by atoms with Crippen molar-refractivity contribution in [1.29, 1.82) is 0 Å². The molecule has 1 rings (SSSR count). The molecule has 0 saturated heterocycles. The molecule has 0 aliphatic rings. The van der Waals surface area contributed by atoms with Gasteiger partial charge in [0.1, 0.15) is 6.42 Å². The lowest BCUT2D eigenvalue weighted by Crippen LogP contribution is -2.20. The number of hydrogen-bond donors (Lipinski definition) is 1. The molecule has 1 heterocycles. The number of nitrogens with zero attached hydrogens (tertiary/aromatic N) is 2. The maximum atomic E-state index is 11.8. The highest BCUT2D eigenvalue weighted by atomic mass is 16.5. The van der Waals surface area contributed by atoms with Gasteiger partial charge in [0.15, 0.2) is 5.69 Å². The fourth-order valence-electron chi connectivity index (χ4n) is 1.63. The molecular weight excluding hydrogens is 266 g/mol. The van der Waals surface area contributed by atoms with Gasteiger partial charge in [0.25, 0.3) is 0 Å². The molecule has 0 fully saturated rings. The molecule has 0 bridgehead atoms. The number of carbonyl (C=O) groups is 3. The number of nitrogens with one attached hydrogen (secondary N) is 1. The highest BCUT2D eigenvalue weighted by molar-refractivity contribution is 6.05. The second-order valence-corrected chi connectivity index (χ2v) is 3.95. The summed E-state index contributed by atoms with van der Waals surface area (Å²) < 4.78 is 10.6. The molecule has 1 aromatic rings. The number of anilines is 1. The van der Waals surface area contributed by atoms with Gasteiger partial charge in [0.05, 0.1) is 25.1 Å². The minimum atomic E-state index is -0.665. The zero-order chi connectivity index (χ0) is 15.3. The zero-order valence-corrected chi connectivity index (χ0v) is 11.8. The molecule has 1 amide bonds. The van der Waals surface area contributed by atoms with Gasteiger partial charge in [-0.15, -0.1) is 0 Å². The molecule has 0 unspecified atom stereocenters. The number of methoxy groups -OCH3 is 1. The molecular formula is C12H17N3O5. The van der Waals surface area contributed by atoms with Gasteiger partial charge in [-0.3, -0.25) is 14.3 Å². The van der Waals surface area contributed by atoms with Crippen LogP contribution in [0.2, 0.25) is 0 Å². The lowest BCUT2D eigenvalue weighted by Gasteiger charge is -2.07. The summed E-state index contributed by atoms with van der Waals surface area (Å²) >= 11 is 0. The number of aryl methyl sites for hydroxylation is 2. The predicted octanol–water partition coefficient (Wildman–Crippen LogP) is 0.407. The van der Waals surface area contributed by atoms with Crippen LogP contribution in [0.15, 0.2) is 0 Å². The highest BCUT2D eigenvalue weighted by Crippen LogP contribution is 2.20. The van der Waals surface area contributed by atoms with E-state index in [-0.39, 0.29) is 18.0 Å². The molecule has 0 aliphatic carbocycles. The van der Waals surface area contributed by atoms with Gasteiger partial charge in [-0.25, -0.2) is 4.79 Å². The SMILES string of the molecule is CCOC(=O)c1c(NC(=O)CC(=O)OC)c(C)nn1C. The average molecular weight is 283 g/mol. The molecule has 8 heteroatoms. The summed E-state index contributed by atoms with van der Waals surface area (Å²) in [7, 11) is 2.75. The minimum Gasteiger partial charge on any atom is -0.469 e. The molecule has 0 radical (unpaired) electrons. The third kappa shape index (κ3) is 3.56. The zero-order valence-electron chi connectivity index (χ0n) is 11.8. The summed E-state index contributed by atoms with van der Waals surface area (Å²) in [4.78, 5) is 34.5. The summed E-state index contributed by atoms with van der Waals surface area (Å²) in [5, 5.41) is 6.53. The predicted molar refractivity (Wildman–Crippen MR) is 69.2 cm³/mol. The van der Waals surface area contributed by atoms with E-state index < -0.39 is 24.3 Å². The minimum absolute atomic E-state index is 0.127. The van der Waals surface area contributed by atoms with Crippen LogP contribution in [0.4, 0.5) is 5.69 Å². The molecule has 110 valence electrons. The third-order valence-corrected chi connectivity index (χ3v) is 2.49. The van der Waals surface area contributed by atoms with E-state index in [1.165, 1.54) is 11.8 Å². The van der Waals surface area contributed by atoms with Crippen molar-refractivity contribution in [2.45, 2.75) is 20.3 Å². The molecule has 8 nitrogen and oxygen atoms in total. The summed E-state index contributed by atoms with van der Waals surface area (Å²) in [5.74, 6) is -1.84. The first-order valence-electron chi connectivity index (χ1n) is 5.98. The summed E-state index contributed by atoms with van der Waals surface area (Å²) in [5.41, 5.74) is 0.816. The molecule has 0 atom stereocenters. The van der Waals surface area contributed by atoms with E-state index in [2.05, 4.69) is 15.2 Å². The van der Waals surface area contributed by atoms with Gasteiger partial charge in [-0.1, -0.05) is 0 Å². The van der Waals surface area contributed by atoms with Crippen molar-refractivity contribution >= 4 is 23.5 Å². The van der Waals surface area contributed by atoms with E-state index in [0.29, 0.717) is 5.69 Å². The first-order chi connectivity index (χ1) is 9.40. The monoisotopic (exact) mass is 283 g/mol. The first kappa shape index (κ1) is 15.7.